The Morgan fingerprint density at radius 3 is 2.82 bits per heavy atom. The first-order valence-electron chi connectivity index (χ1n) is 5.71. The largest absolute Gasteiger partial charge is 0.379 e. The van der Waals surface area contributed by atoms with Gasteiger partial charge in [-0.05, 0) is 36.8 Å². The predicted molar refractivity (Wildman–Crippen MR) is 72.9 cm³/mol. The number of morpholine rings is 1. The molecule has 0 aromatic heterocycles. The van der Waals surface area contributed by atoms with Crippen molar-refractivity contribution in [2.24, 2.45) is 0 Å². The van der Waals surface area contributed by atoms with E-state index < -0.39 is 0 Å². The van der Waals surface area contributed by atoms with Gasteiger partial charge in [-0.15, -0.1) is 0 Å². The van der Waals surface area contributed by atoms with Crippen LogP contribution in [0.1, 0.15) is 5.56 Å². The zero-order valence-electron chi connectivity index (χ0n) is 9.90. The first kappa shape index (κ1) is 12.3. The highest BCUT2D eigenvalue weighted by Crippen LogP contribution is 2.09. The molecule has 1 saturated heterocycles. The number of hydrogen-bond donors (Lipinski definition) is 2. The van der Waals surface area contributed by atoms with Gasteiger partial charge in [-0.1, -0.05) is 12.1 Å². The van der Waals surface area contributed by atoms with Crippen LogP contribution in [0.5, 0.6) is 0 Å². The van der Waals surface area contributed by atoms with Gasteiger partial charge in [0, 0.05) is 18.8 Å². The van der Waals surface area contributed by atoms with Gasteiger partial charge in [-0.25, -0.2) is 5.01 Å². The number of aryl methyl sites for hydroxylation is 1. The predicted octanol–water partition coefficient (Wildman–Crippen LogP) is 1.53. The van der Waals surface area contributed by atoms with Crippen LogP contribution < -0.4 is 10.7 Å². The highest BCUT2D eigenvalue weighted by Gasteiger charge is 2.10. The van der Waals surface area contributed by atoms with Gasteiger partial charge in [-0.3, -0.25) is 5.43 Å². The zero-order chi connectivity index (χ0) is 12.1. The molecule has 1 heterocycles. The Hall–Kier alpha value is -1.17. The highest BCUT2D eigenvalue weighted by molar-refractivity contribution is 7.80. The van der Waals surface area contributed by atoms with Gasteiger partial charge in [0.1, 0.15) is 0 Å². The highest BCUT2D eigenvalue weighted by atomic mass is 32.1. The zero-order valence-corrected chi connectivity index (χ0v) is 10.7. The molecule has 1 aliphatic heterocycles. The van der Waals surface area contributed by atoms with Crippen LogP contribution in [0.2, 0.25) is 0 Å². The van der Waals surface area contributed by atoms with Gasteiger partial charge >= 0.3 is 0 Å². The normalized spacial score (nSPS) is 16.5. The topological polar surface area (TPSA) is 36.5 Å². The number of nitrogens with one attached hydrogen (secondary N) is 2. The molecule has 5 heteroatoms. The Bertz CT molecular complexity index is 391. The number of thiocarbonyl (C=S) groups is 1. The summed E-state index contributed by atoms with van der Waals surface area (Å²) in [5.74, 6) is 0. The quantitative estimate of drug-likeness (QED) is 0.780. The molecule has 0 unspecified atom stereocenters. The Morgan fingerprint density at radius 2 is 2.12 bits per heavy atom. The smallest absolute Gasteiger partial charge is 0.185 e. The Labute approximate surface area is 107 Å². The van der Waals surface area contributed by atoms with Gasteiger partial charge in [0.25, 0.3) is 0 Å². The Kier molecular flexibility index (Phi) is 4.30. The molecule has 0 bridgehead atoms. The van der Waals surface area contributed by atoms with Gasteiger partial charge in [0.05, 0.1) is 13.2 Å². The minimum absolute atomic E-state index is 0.623. The summed E-state index contributed by atoms with van der Waals surface area (Å²) in [7, 11) is 0. The lowest BCUT2D eigenvalue weighted by atomic mass is 10.2. The summed E-state index contributed by atoms with van der Waals surface area (Å²) in [6, 6.07) is 8.13. The fraction of sp³-hybridized carbons (Fsp3) is 0.417. The van der Waals surface area contributed by atoms with Crippen LogP contribution in [0.3, 0.4) is 0 Å². The van der Waals surface area contributed by atoms with Crippen molar-refractivity contribution >= 4 is 23.0 Å². The maximum atomic E-state index is 5.27. The van der Waals surface area contributed by atoms with E-state index in [-0.39, 0.29) is 0 Å². The van der Waals surface area contributed by atoms with Crippen LogP contribution in [0.15, 0.2) is 24.3 Å². The number of anilines is 1. The summed E-state index contributed by atoms with van der Waals surface area (Å²) >= 11 is 5.26. The van der Waals surface area contributed by atoms with E-state index in [4.69, 9.17) is 17.0 Å². The van der Waals surface area contributed by atoms with Crippen LogP contribution in [0, 0.1) is 6.92 Å². The summed E-state index contributed by atoms with van der Waals surface area (Å²) in [5.41, 5.74) is 5.38. The van der Waals surface area contributed by atoms with Crippen molar-refractivity contribution in [1.82, 2.24) is 10.4 Å². The number of nitrogens with zero attached hydrogens (tertiary/aromatic N) is 1. The first-order valence-corrected chi connectivity index (χ1v) is 6.12. The summed E-state index contributed by atoms with van der Waals surface area (Å²) in [6.45, 7) is 5.27. The van der Waals surface area contributed by atoms with E-state index in [1.54, 1.807) is 0 Å². The maximum absolute atomic E-state index is 5.27. The average molecular weight is 251 g/mol. The van der Waals surface area contributed by atoms with E-state index in [1.165, 1.54) is 5.56 Å². The molecule has 1 aromatic carbocycles. The van der Waals surface area contributed by atoms with Crippen LogP contribution in [-0.4, -0.2) is 36.4 Å². The summed E-state index contributed by atoms with van der Waals surface area (Å²) < 4.78 is 5.27. The Morgan fingerprint density at radius 1 is 1.35 bits per heavy atom. The van der Waals surface area contributed by atoms with Crippen molar-refractivity contribution < 1.29 is 4.74 Å². The fourth-order valence-corrected chi connectivity index (χ4v) is 1.95. The minimum atomic E-state index is 0.623. The molecule has 2 N–H and O–H groups in total. The summed E-state index contributed by atoms with van der Waals surface area (Å²) in [6.07, 6.45) is 0. The molecule has 1 aliphatic rings. The third kappa shape index (κ3) is 3.96. The second kappa shape index (κ2) is 5.95. The second-order valence-electron chi connectivity index (χ2n) is 4.03. The number of benzene rings is 1. The lowest BCUT2D eigenvalue weighted by molar-refractivity contribution is 0.0252. The molecule has 4 nitrogen and oxygen atoms in total. The number of rotatable bonds is 2. The van der Waals surface area contributed by atoms with Gasteiger partial charge < -0.3 is 10.1 Å². The van der Waals surface area contributed by atoms with E-state index in [0.717, 1.165) is 32.0 Å². The molecule has 92 valence electrons. The summed E-state index contributed by atoms with van der Waals surface area (Å²) in [4.78, 5) is 0. The molecule has 0 saturated carbocycles. The first-order chi connectivity index (χ1) is 8.24. The molecule has 1 fully saturated rings. The molecular weight excluding hydrogens is 234 g/mol. The van der Waals surface area contributed by atoms with E-state index in [9.17, 15) is 0 Å². The van der Waals surface area contributed by atoms with Gasteiger partial charge in [-0.2, -0.15) is 0 Å². The van der Waals surface area contributed by atoms with Crippen LogP contribution in [-0.2, 0) is 4.74 Å². The molecule has 0 spiro atoms. The fourth-order valence-electron chi connectivity index (χ4n) is 1.70. The van der Waals surface area contributed by atoms with Crippen LogP contribution in [0.25, 0.3) is 0 Å². The van der Waals surface area contributed by atoms with E-state index >= 15 is 0 Å². The lowest BCUT2D eigenvalue weighted by Crippen LogP contribution is -2.49. The van der Waals surface area contributed by atoms with Crippen molar-refractivity contribution in [1.29, 1.82) is 0 Å². The number of hydrazine groups is 1. The molecule has 0 aliphatic carbocycles. The van der Waals surface area contributed by atoms with Crippen molar-refractivity contribution in [2.75, 3.05) is 31.6 Å². The Balaban J connectivity index is 1.84. The van der Waals surface area contributed by atoms with Crippen LogP contribution in [0.4, 0.5) is 5.69 Å². The number of hydrogen-bond acceptors (Lipinski definition) is 3. The third-order valence-corrected chi connectivity index (χ3v) is 2.74. The average Bonchev–Trinajstić information content (AvgIpc) is 2.30. The summed E-state index contributed by atoms with van der Waals surface area (Å²) in [5, 5.41) is 5.85. The van der Waals surface area contributed by atoms with E-state index in [0.29, 0.717) is 5.11 Å². The SMILES string of the molecule is Cc1cccc(NC(=S)NN2CCOCC2)c1. The van der Waals surface area contributed by atoms with Crippen molar-refractivity contribution in [3.8, 4) is 0 Å². The van der Waals surface area contributed by atoms with Crippen molar-refractivity contribution in [2.45, 2.75) is 6.92 Å². The standard InChI is InChI=1S/C12H17N3OS/c1-10-3-2-4-11(9-10)13-12(17)14-15-5-7-16-8-6-15/h2-4,9H,5-8H2,1H3,(H2,13,14,17). The van der Waals surface area contributed by atoms with Crippen LogP contribution >= 0.6 is 12.2 Å². The number of ether oxygens (including phenoxy) is 1. The second-order valence-corrected chi connectivity index (χ2v) is 4.44. The molecule has 0 atom stereocenters. The molecule has 17 heavy (non-hydrogen) atoms. The van der Waals surface area contributed by atoms with Crippen molar-refractivity contribution in [3.63, 3.8) is 0 Å². The monoisotopic (exact) mass is 251 g/mol. The molecule has 0 radical (unpaired) electrons. The van der Waals surface area contributed by atoms with Gasteiger partial charge in [0.15, 0.2) is 5.11 Å². The van der Waals surface area contributed by atoms with Crippen molar-refractivity contribution in [3.05, 3.63) is 29.8 Å². The minimum Gasteiger partial charge on any atom is -0.379 e. The van der Waals surface area contributed by atoms with E-state index in [1.807, 2.05) is 12.1 Å². The lowest BCUT2D eigenvalue weighted by Gasteiger charge is -2.28. The maximum Gasteiger partial charge on any atom is 0.185 e. The third-order valence-electron chi connectivity index (χ3n) is 2.55. The molecule has 2 rings (SSSR count). The molecule has 0 amide bonds. The van der Waals surface area contributed by atoms with Gasteiger partial charge in [0.2, 0.25) is 0 Å². The van der Waals surface area contributed by atoms with E-state index in [2.05, 4.69) is 34.8 Å². The molecule has 1 aromatic rings. The molecular formula is C12H17N3OS.